The smallest absolute Gasteiger partial charge is 0.337 e. The molecule has 4 heteroatoms. The zero-order valence-corrected chi connectivity index (χ0v) is 12.6. The van der Waals surface area contributed by atoms with Crippen molar-refractivity contribution in [3.63, 3.8) is 0 Å². The zero-order valence-electron chi connectivity index (χ0n) is 11.8. The molecule has 0 aliphatic carbocycles. The van der Waals surface area contributed by atoms with Gasteiger partial charge in [-0.25, -0.2) is 4.79 Å². The summed E-state index contributed by atoms with van der Waals surface area (Å²) in [4.78, 5) is 14.0. The molecule has 0 N–H and O–H groups in total. The maximum atomic E-state index is 12.0. The molecular formula is C15H20ClNO2. The van der Waals surface area contributed by atoms with Gasteiger partial charge in [-0.05, 0) is 13.3 Å². The first-order chi connectivity index (χ1) is 8.97. The fraction of sp³-hybridized carbons (Fsp3) is 0.400. The Hall–Kier alpha value is -1.48. The predicted molar refractivity (Wildman–Crippen MR) is 77.8 cm³/mol. The Morgan fingerprint density at radius 3 is 2.37 bits per heavy atom. The molecule has 0 bridgehead atoms. The molecule has 0 saturated heterocycles. The second-order valence-electron chi connectivity index (χ2n) is 4.45. The molecule has 0 heterocycles. The van der Waals surface area contributed by atoms with Crippen molar-refractivity contribution in [3.8, 4) is 0 Å². The summed E-state index contributed by atoms with van der Waals surface area (Å²) < 4.78 is 5.27. The number of rotatable bonds is 5. The van der Waals surface area contributed by atoms with Crippen molar-refractivity contribution in [2.45, 2.75) is 25.8 Å². The highest BCUT2D eigenvalue weighted by Gasteiger charge is 2.17. The Kier molecular flexibility index (Phi) is 5.90. The molecule has 0 aliphatic heterocycles. The Balaban J connectivity index is 2.80. The SMILES string of the molecule is CCC(=C(C)C(=O)OC(Cl)c1ccccc1)N(C)C. The molecule has 0 fully saturated rings. The minimum Gasteiger partial charge on any atom is -0.438 e. The van der Waals surface area contributed by atoms with E-state index >= 15 is 0 Å². The number of carbonyl (C=O) groups excluding carboxylic acids is 1. The molecule has 0 spiro atoms. The first-order valence-electron chi connectivity index (χ1n) is 6.24. The van der Waals surface area contributed by atoms with Gasteiger partial charge in [0.05, 0.1) is 5.57 Å². The average molecular weight is 282 g/mol. The molecular weight excluding hydrogens is 262 g/mol. The van der Waals surface area contributed by atoms with Crippen LogP contribution in [0.25, 0.3) is 0 Å². The lowest BCUT2D eigenvalue weighted by molar-refractivity contribution is -0.141. The summed E-state index contributed by atoms with van der Waals surface area (Å²) in [6.07, 6.45) is 0.770. The third-order valence-corrected chi connectivity index (χ3v) is 3.23. The fourth-order valence-corrected chi connectivity index (χ4v) is 2.12. The van der Waals surface area contributed by atoms with Gasteiger partial charge < -0.3 is 9.64 Å². The van der Waals surface area contributed by atoms with Gasteiger partial charge in [-0.1, -0.05) is 48.9 Å². The third kappa shape index (κ3) is 4.28. The van der Waals surface area contributed by atoms with Crippen molar-refractivity contribution in [2.24, 2.45) is 0 Å². The van der Waals surface area contributed by atoms with E-state index in [1.807, 2.05) is 56.3 Å². The zero-order chi connectivity index (χ0) is 14.4. The minimum absolute atomic E-state index is 0.380. The molecule has 1 aromatic carbocycles. The van der Waals surface area contributed by atoms with Gasteiger partial charge in [0.1, 0.15) is 0 Å². The van der Waals surface area contributed by atoms with Crippen molar-refractivity contribution >= 4 is 17.6 Å². The van der Waals surface area contributed by atoms with Gasteiger partial charge in [0.2, 0.25) is 5.56 Å². The summed E-state index contributed by atoms with van der Waals surface area (Å²) in [6, 6.07) is 9.27. The molecule has 0 aromatic heterocycles. The lowest BCUT2D eigenvalue weighted by atomic mass is 10.2. The average Bonchev–Trinajstić information content (AvgIpc) is 2.39. The normalized spacial score (nSPS) is 13.5. The van der Waals surface area contributed by atoms with Crippen LogP contribution in [0.3, 0.4) is 0 Å². The highest BCUT2D eigenvalue weighted by molar-refractivity contribution is 6.20. The van der Waals surface area contributed by atoms with Crippen LogP contribution in [0.1, 0.15) is 31.4 Å². The lowest BCUT2D eigenvalue weighted by Crippen LogP contribution is -2.18. The van der Waals surface area contributed by atoms with Crippen molar-refractivity contribution in [3.05, 3.63) is 47.2 Å². The van der Waals surface area contributed by atoms with Gasteiger partial charge in [0.15, 0.2) is 0 Å². The van der Waals surface area contributed by atoms with E-state index in [0.29, 0.717) is 5.57 Å². The minimum atomic E-state index is -0.760. The van der Waals surface area contributed by atoms with Crippen LogP contribution in [0.5, 0.6) is 0 Å². The number of ether oxygens (including phenoxy) is 1. The van der Waals surface area contributed by atoms with E-state index in [2.05, 4.69) is 0 Å². The molecule has 0 amide bonds. The number of benzene rings is 1. The maximum Gasteiger partial charge on any atom is 0.337 e. The second-order valence-corrected chi connectivity index (χ2v) is 4.85. The Labute approximate surface area is 119 Å². The third-order valence-electron chi connectivity index (χ3n) is 2.89. The first-order valence-corrected chi connectivity index (χ1v) is 6.68. The number of hydrogen-bond donors (Lipinski definition) is 0. The molecule has 104 valence electrons. The standard InChI is InChI=1S/C15H20ClNO2/c1-5-13(17(3)4)11(2)15(18)19-14(16)12-9-7-6-8-10-12/h6-10,14H,5H2,1-4H3. The molecule has 1 unspecified atom stereocenters. The summed E-state index contributed by atoms with van der Waals surface area (Å²) >= 11 is 6.09. The van der Waals surface area contributed by atoms with E-state index in [1.54, 1.807) is 6.92 Å². The van der Waals surface area contributed by atoms with Gasteiger partial charge in [0, 0.05) is 25.4 Å². The monoisotopic (exact) mass is 281 g/mol. The van der Waals surface area contributed by atoms with Crippen molar-refractivity contribution in [1.82, 2.24) is 4.90 Å². The maximum absolute atomic E-state index is 12.0. The molecule has 19 heavy (non-hydrogen) atoms. The Bertz CT molecular complexity index is 454. The molecule has 3 nitrogen and oxygen atoms in total. The quantitative estimate of drug-likeness (QED) is 0.468. The number of nitrogens with zero attached hydrogens (tertiary/aromatic N) is 1. The van der Waals surface area contributed by atoms with Gasteiger partial charge in [-0.15, -0.1) is 0 Å². The lowest BCUT2D eigenvalue weighted by Gasteiger charge is -2.19. The number of hydrogen-bond acceptors (Lipinski definition) is 3. The topological polar surface area (TPSA) is 29.5 Å². The van der Waals surface area contributed by atoms with Crippen LogP contribution in [0, 0.1) is 0 Å². The molecule has 0 saturated carbocycles. The second kappa shape index (κ2) is 7.19. The van der Waals surface area contributed by atoms with Crippen LogP contribution < -0.4 is 0 Å². The summed E-state index contributed by atoms with van der Waals surface area (Å²) in [6.45, 7) is 3.76. The van der Waals surface area contributed by atoms with Gasteiger partial charge in [-0.3, -0.25) is 0 Å². The number of halogens is 1. The molecule has 0 aliphatic rings. The van der Waals surface area contributed by atoms with Crippen LogP contribution in [0.4, 0.5) is 0 Å². The van der Waals surface area contributed by atoms with Crippen LogP contribution in [-0.4, -0.2) is 25.0 Å². The van der Waals surface area contributed by atoms with Gasteiger partial charge >= 0.3 is 5.97 Å². The van der Waals surface area contributed by atoms with E-state index < -0.39 is 5.56 Å². The van der Waals surface area contributed by atoms with E-state index in [9.17, 15) is 4.79 Å². The largest absolute Gasteiger partial charge is 0.438 e. The van der Waals surface area contributed by atoms with E-state index in [1.165, 1.54) is 0 Å². The summed E-state index contributed by atoms with van der Waals surface area (Å²) in [7, 11) is 3.82. The predicted octanol–water partition coefficient (Wildman–Crippen LogP) is 3.71. The van der Waals surface area contributed by atoms with E-state index in [0.717, 1.165) is 17.7 Å². The highest BCUT2D eigenvalue weighted by atomic mass is 35.5. The number of esters is 1. The fourth-order valence-electron chi connectivity index (χ4n) is 1.89. The summed E-state index contributed by atoms with van der Waals surface area (Å²) in [5.41, 5.74) is 1.55. The Morgan fingerprint density at radius 1 is 1.32 bits per heavy atom. The molecule has 1 rings (SSSR count). The van der Waals surface area contributed by atoms with Crippen LogP contribution in [0.15, 0.2) is 41.6 Å². The molecule has 1 atom stereocenters. The van der Waals surface area contributed by atoms with E-state index in [4.69, 9.17) is 16.3 Å². The van der Waals surface area contributed by atoms with E-state index in [-0.39, 0.29) is 5.97 Å². The first kappa shape index (κ1) is 15.6. The Morgan fingerprint density at radius 2 is 1.89 bits per heavy atom. The van der Waals surface area contributed by atoms with Crippen LogP contribution >= 0.6 is 11.6 Å². The van der Waals surface area contributed by atoms with Crippen LogP contribution in [-0.2, 0) is 9.53 Å². The van der Waals surface area contributed by atoms with Crippen LogP contribution in [0.2, 0.25) is 0 Å². The number of allylic oxidation sites excluding steroid dienone is 1. The number of alkyl halides is 1. The molecule has 0 radical (unpaired) electrons. The summed E-state index contributed by atoms with van der Waals surface area (Å²) in [5.74, 6) is -0.380. The number of carbonyl (C=O) groups is 1. The van der Waals surface area contributed by atoms with Gasteiger partial charge in [-0.2, -0.15) is 0 Å². The van der Waals surface area contributed by atoms with Gasteiger partial charge in [0.25, 0.3) is 0 Å². The summed E-state index contributed by atoms with van der Waals surface area (Å²) in [5, 5.41) is 0. The molecule has 1 aromatic rings. The van der Waals surface area contributed by atoms with Crippen molar-refractivity contribution < 1.29 is 9.53 Å². The van der Waals surface area contributed by atoms with Crippen molar-refractivity contribution in [2.75, 3.05) is 14.1 Å². The highest BCUT2D eigenvalue weighted by Crippen LogP contribution is 2.23. The van der Waals surface area contributed by atoms with Crippen molar-refractivity contribution in [1.29, 1.82) is 0 Å².